The fourth-order valence-corrected chi connectivity index (χ4v) is 5.37. The molecule has 1 N–H and O–H groups in total. The van der Waals surface area contributed by atoms with Crippen LogP contribution in [0.1, 0.15) is 65.2 Å². The maximum atomic E-state index is 14.6. The number of hydrogen-bond donors (Lipinski definition) is 1. The molecular formula is C28H36FN3O2. The largest absolute Gasteiger partial charge is 0.337 e. The van der Waals surface area contributed by atoms with Crippen molar-refractivity contribution in [3.63, 3.8) is 0 Å². The molecule has 0 unspecified atom stereocenters. The van der Waals surface area contributed by atoms with Crippen LogP contribution in [0.25, 0.3) is 0 Å². The van der Waals surface area contributed by atoms with E-state index < -0.39 is 0 Å². The standard InChI is InChI=1S/C28H36FN3O2/c1-18-8-7-11-25(20(18)3)27(33)30-26-15-24(29)14-23(21(26)4)17-31-12-13-32(19(2)16-31)28(34)22-9-5-6-10-22/h7-8,11,14-15,19,22H,5-6,9-10,12-13,16-17H2,1-4H3,(H,30,33)/t19-/m0/s1. The first-order valence-corrected chi connectivity index (χ1v) is 12.4. The molecule has 0 radical (unpaired) electrons. The quantitative estimate of drug-likeness (QED) is 0.658. The first-order chi connectivity index (χ1) is 16.2. The number of halogens is 1. The number of rotatable bonds is 5. The molecule has 1 aliphatic heterocycles. The molecule has 1 heterocycles. The second-order valence-corrected chi connectivity index (χ2v) is 10.0. The SMILES string of the molecule is Cc1cccc(C(=O)Nc2cc(F)cc(CN3CCN(C(=O)C4CCCC4)[C@@H](C)C3)c2C)c1C. The Morgan fingerprint density at radius 3 is 2.50 bits per heavy atom. The molecule has 182 valence electrons. The Hall–Kier alpha value is -2.73. The molecule has 1 aliphatic carbocycles. The highest BCUT2D eigenvalue weighted by Gasteiger charge is 2.33. The minimum Gasteiger partial charge on any atom is -0.337 e. The Bertz CT molecular complexity index is 1080. The molecule has 2 aromatic rings. The predicted octanol–water partition coefficient (Wildman–Crippen LogP) is 5.23. The Balaban J connectivity index is 1.44. The van der Waals surface area contributed by atoms with Crippen LogP contribution in [0.5, 0.6) is 0 Å². The molecule has 5 nitrogen and oxygen atoms in total. The second kappa shape index (κ2) is 10.3. The summed E-state index contributed by atoms with van der Waals surface area (Å²) in [5, 5.41) is 2.92. The molecule has 0 aromatic heterocycles. The van der Waals surface area contributed by atoms with Crippen LogP contribution in [0.2, 0.25) is 0 Å². The van der Waals surface area contributed by atoms with Crippen molar-refractivity contribution in [2.24, 2.45) is 5.92 Å². The normalized spacial score (nSPS) is 19.4. The van der Waals surface area contributed by atoms with Gasteiger partial charge in [0.2, 0.25) is 5.91 Å². The summed E-state index contributed by atoms with van der Waals surface area (Å²) in [7, 11) is 0. The van der Waals surface area contributed by atoms with Gasteiger partial charge in [0.1, 0.15) is 5.82 Å². The third-order valence-corrected chi connectivity index (χ3v) is 7.67. The van der Waals surface area contributed by atoms with Crippen LogP contribution in [0.15, 0.2) is 30.3 Å². The van der Waals surface area contributed by atoms with E-state index in [-0.39, 0.29) is 23.7 Å². The van der Waals surface area contributed by atoms with Crippen LogP contribution in [0.4, 0.5) is 10.1 Å². The summed E-state index contributed by atoms with van der Waals surface area (Å²) in [4.78, 5) is 30.1. The molecule has 34 heavy (non-hydrogen) atoms. The van der Waals surface area contributed by atoms with Crippen LogP contribution in [-0.2, 0) is 11.3 Å². The molecule has 0 bridgehead atoms. The summed E-state index contributed by atoms with van der Waals surface area (Å²) in [5.74, 6) is -0.0841. The Morgan fingerprint density at radius 2 is 1.79 bits per heavy atom. The minimum atomic E-state index is -0.361. The average molecular weight is 466 g/mol. The highest BCUT2D eigenvalue weighted by atomic mass is 19.1. The van der Waals surface area contributed by atoms with Crippen molar-refractivity contribution in [2.75, 3.05) is 25.0 Å². The zero-order valence-electron chi connectivity index (χ0n) is 20.8. The van der Waals surface area contributed by atoms with Gasteiger partial charge in [0.15, 0.2) is 0 Å². The first-order valence-electron chi connectivity index (χ1n) is 12.4. The van der Waals surface area contributed by atoms with Gasteiger partial charge < -0.3 is 10.2 Å². The van der Waals surface area contributed by atoms with Gasteiger partial charge in [-0.25, -0.2) is 4.39 Å². The van der Waals surface area contributed by atoms with E-state index in [1.807, 2.05) is 37.8 Å². The molecular weight excluding hydrogens is 429 g/mol. The summed E-state index contributed by atoms with van der Waals surface area (Å²) in [6, 6.07) is 8.71. The molecule has 6 heteroatoms. The van der Waals surface area contributed by atoms with Crippen LogP contribution in [-0.4, -0.2) is 47.3 Å². The topological polar surface area (TPSA) is 52.7 Å². The number of piperazine rings is 1. The molecule has 2 fully saturated rings. The van der Waals surface area contributed by atoms with Gasteiger partial charge in [-0.1, -0.05) is 25.0 Å². The van der Waals surface area contributed by atoms with Gasteiger partial charge >= 0.3 is 0 Å². The van der Waals surface area contributed by atoms with E-state index >= 15 is 0 Å². The summed E-state index contributed by atoms with van der Waals surface area (Å²) < 4.78 is 14.6. The van der Waals surface area contributed by atoms with E-state index in [0.29, 0.717) is 30.2 Å². The second-order valence-electron chi connectivity index (χ2n) is 10.0. The van der Waals surface area contributed by atoms with Crippen LogP contribution >= 0.6 is 0 Å². The fourth-order valence-electron chi connectivity index (χ4n) is 5.37. The van der Waals surface area contributed by atoms with E-state index in [4.69, 9.17) is 0 Å². The minimum absolute atomic E-state index is 0.138. The maximum Gasteiger partial charge on any atom is 0.255 e. The zero-order chi connectivity index (χ0) is 24.4. The maximum absolute atomic E-state index is 14.6. The molecule has 1 saturated carbocycles. The molecule has 2 aromatic carbocycles. The van der Waals surface area contributed by atoms with Gasteiger partial charge in [0.25, 0.3) is 5.91 Å². The monoisotopic (exact) mass is 465 g/mol. The van der Waals surface area contributed by atoms with Crippen LogP contribution in [0, 0.1) is 32.5 Å². The molecule has 2 aliphatic rings. The molecule has 2 amide bonds. The fraction of sp³-hybridized carbons (Fsp3) is 0.500. The Labute approximate surface area is 202 Å². The lowest BCUT2D eigenvalue weighted by Gasteiger charge is -2.41. The van der Waals surface area contributed by atoms with Crippen LogP contribution in [0.3, 0.4) is 0 Å². The summed E-state index contributed by atoms with van der Waals surface area (Å²) in [6.07, 6.45) is 4.35. The molecule has 0 spiro atoms. The lowest BCUT2D eigenvalue weighted by molar-refractivity contribution is -0.140. The van der Waals surface area contributed by atoms with E-state index in [2.05, 4.69) is 17.1 Å². The van der Waals surface area contributed by atoms with E-state index in [1.54, 1.807) is 12.1 Å². The number of nitrogens with zero attached hydrogens (tertiary/aromatic N) is 2. The number of amides is 2. The number of carbonyl (C=O) groups excluding carboxylic acids is 2. The highest BCUT2D eigenvalue weighted by molar-refractivity contribution is 6.05. The van der Waals surface area contributed by atoms with Gasteiger partial charge in [-0.05, 0) is 81.0 Å². The van der Waals surface area contributed by atoms with Crippen molar-refractivity contribution in [3.8, 4) is 0 Å². The van der Waals surface area contributed by atoms with Crippen molar-refractivity contribution < 1.29 is 14.0 Å². The van der Waals surface area contributed by atoms with E-state index in [1.165, 1.54) is 6.07 Å². The van der Waals surface area contributed by atoms with Gasteiger partial charge in [-0.15, -0.1) is 0 Å². The van der Waals surface area contributed by atoms with Gasteiger partial charge in [-0.3, -0.25) is 14.5 Å². The van der Waals surface area contributed by atoms with E-state index in [0.717, 1.165) is 61.0 Å². The molecule has 1 saturated heterocycles. The highest BCUT2D eigenvalue weighted by Crippen LogP contribution is 2.29. The van der Waals surface area contributed by atoms with Gasteiger partial charge in [0, 0.05) is 49.4 Å². The number of carbonyl (C=O) groups is 2. The third kappa shape index (κ3) is 5.17. The van der Waals surface area contributed by atoms with Gasteiger partial charge in [-0.2, -0.15) is 0 Å². The first kappa shape index (κ1) is 24.4. The summed E-state index contributed by atoms with van der Waals surface area (Å²) >= 11 is 0. The Kier molecular flexibility index (Phi) is 7.36. The number of hydrogen-bond acceptors (Lipinski definition) is 3. The molecule has 1 atom stereocenters. The molecule has 4 rings (SSSR count). The van der Waals surface area contributed by atoms with Crippen molar-refractivity contribution in [3.05, 3.63) is 64.0 Å². The number of nitrogens with one attached hydrogen (secondary N) is 1. The number of benzene rings is 2. The van der Waals surface area contributed by atoms with Crippen molar-refractivity contribution in [2.45, 2.75) is 66.0 Å². The smallest absolute Gasteiger partial charge is 0.255 e. The zero-order valence-corrected chi connectivity index (χ0v) is 20.8. The Morgan fingerprint density at radius 1 is 1.06 bits per heavy atom. The van der Waals surface area contributed by atoms with Gasteiger partial charge in [0.05, 0.1) is 0 Å². The van der Waals surface area contributed by atoms with E-state index in [9.17, 15) is 14.0 Å². The van der Waals surface area contributed by atoms with Crippen LogP contribution < -0.4 is 5.32 Å². The number of anilines is 1. The average Bonchev–Trinajstić information content (AvgIpc) is 3.33. The van der Waals surface area contributed by atoms with Crippen molar-refractivity contribution in [1.29, 1.82) is 0 Å². The number of aryl methyl sites for hydroxylation is 1. The lowest BCUT2D eigenvalue weighted by Crippen LogP contribution is -2.54. The lowest BCUT2D eigenvalue weighted by atomic mass is 10.0. The predicted molar refractivity (Wildman–Crippen MR) is 133 cm³/mol. The third-order valence-electron chi connectivity index (χ3n) is 7.67. The van der Waals surface area contributed by atoms with Crippen molar-refractivity contribution in [1.82, 2.24) is 9.80 Å². The summed E-state index contributed by atoms with van der Waals surface area (Å²) in [5.41, 5.74) is 4.81. The van der Waals surface area contributed by atoms with Crippen molar-refractivity contribution >= 4 is 17.5 Å². The summed E-state index contributed by atoms with van der Waals surface area (Å²) in [6.45, 7) is 10.8.